The molecule has 2 aromatic rings. The van der Waals surface area contributed by atoms with Crippen molar-refractivity contribution in [2.75, 3.05) is 18.6 Å². The van der Waals surface area contributed by atoms with Crippen molar-refractivity contribution in [1.82, 2.24) is 0 Å². The SMILES string of the molecule is COc1ccc(C(=O)COc2ccc(Cl)cc2N2C(=O)[C@@H]3CCCC[C@H]3C2=O)cc1. The number of nitrogens with zero attached hydrogens (tertiary/aromatic N) is 1. The lowest BCUT2D eigenvalue weighted by Gasteiger charge is -2.19. The maximum absolute atomic E-state index is 13.0. The van der Waals surface area contributed by atoms with E-state index in [9.17, 15) is 14.4 Å². The third kappa shape index (κ3) is 3.79. The number of carbonyl (C=O) groups is 3. The molecule has 1 aliphatic heterocycles. The van der Waals surface area contributed by atoms with E-state index in [1.54, 1.807) is 49.6 Å². The molecule has 0 bridgehead atoms. The second kappa shape index (κ2) is 8.48. The molecule has 2 fully saturated rings. The predicted molar refractivity (Wildman–Crippen MR) is 112 cm³/mol. The van der Waals surface area contributed by atoms with Gasteiger partial charge in [0.05, 0.1) is 24.6 Å². The van der Waals surface area contributed by atoms with Crippen LogP contribution >= 0.6 is 11.6 Å². The molecular weight excluding hydrogens is 406 g/mol. The number of hydrogen-bond acceptors (Lipinski definition) is 5. The Morgan fingerprint density at radius 3 is 2.27 bits per heavy atom. The van der Waals surface area contributed by atoms with Crippen molar-refractivity contribution in [2.45, 2.75) is 25.7 Å². The number of fused-ring (bicyclic) bond motifs is 1. The Balaban J connectivity index is 1.55. The molecule has 0 N–H and O–H groups in total. The fourth-order valence-electron chi connectivity index (χ4n) is 4.19. The predicted octanol–water partition coefficient (Wildman–Crippen LogP) is 4.29. The highest BCUT2D eigenvalue weighted by Crippen LogP contribution is 2.43. The van der Waals surface area contributed by atoms with Crippen molar-refractivity contribution in [3.05, 3.63) is 53.1 Å². The molecule has 0 aromatic heterocycles. The largest absolute Gasteiger partial charge is 0.497 e. The van der Waals surface area contributed by atoms with E-state index >= 15 is 0 Å². The lowest BCUT2D eigenvalue weighted by molar-refractivity contribution is -0.122. The van der Waals surface area contributed by atoms with Crippen LogP contribution in [0.15, 0.2) is 42.5 Å². The van der Waals surface area contributed by atoms with Gasteiger partial charge in [-0.15, -0.1) is 0 Å². The Labute approximate surface area is 179 Å². The Hall–Kier alpha value is -2.86. The van der Waals surface area contributed by atoms with Gasteiger partial charge < -0.3 is 9.47 Å². The van der Waals surface area contributed by atoms with Gasteiger partial charge in [-0.1, -0.05) is 24.4 Å². The Morgan fingerprint density at radius 1 is 1.03 bits per heavy atom. The van der Waals surface area contributed by atoms with Crippen LogP contribution in [0.3, 0.4) is 0 Å². The van der Waals surface area contributed by atoms with Crippen LogP contribution in [0.1, 0.15) is 36.0 Å². The summed E-state index contributed by atoms with van der Waals surface area (Å²) in [4.78, 5) is 39.6. The first kappa shape index (κ1) is 20.4. The van der Waals surface area contributed by atoms with E-state index < -0.39 is 0 Å². The minimum atomic E-state index is -0.279. The molecule has 7 heteroatoms. The number of ketones is 1. The topological polar surface area (TPSA) is 72.9 Å². The van der Waals surface area contributed by atoms with Crippen molar-refractivity contribution in [2.24, 2.45) is 11.8 Å². The number of Topliss-reactive ketones (excluding diaryl/α,β-unsaturated/α-hetero) is 1. The fraction of sp³-hybridized carbons (Fsp3) is 0.348. The summed E-state index contributed by atoms with van der Waals surface area (Å²) in [5.74, 6) is -0.275. The van der Waals surface area contributed by atoms with Crippen LogP contribution in [0, 0.1) is 11.8 Å². The summed E-state index contributed by atoms with van der Waals surface area (Å²) in [6, 6.07) is 11.4. The standard InChI is InChI=1S/C23H22ClNO5/c1-29-16-9-6-14(7-10-16)20(26)13-30-21-11-8-15(24)12-19(21)25-22(27)17-4-2-3-5-18(17)23(25)28/h6-12,17-18H,2-5,13H2,1H3/t17-,18-/m1/s1. The number of anilines is 1. The van der Waals surface area contributed by atoms with E-state index in [2.05, 4.69) is 0 Å². The highest BCUT2D eigenvalue weighted by molar-refractivity contribution is 6.31. The molecule has 6 nitrogen and oxygen atoms in total. The van der Waals surface area contributed by atoms with Crippen LogP contribution in [0.25, 0.3) is 0 Å². The number of benzene rings is 2. The monoisotopic (exact) mass is 427 g/mol. The van der Waals surface area contributed by atoms with Gasteiger partial charge in [-0.2, -0.15) is 0 Å². The van der Waals surface area contributed by atoms with Crippen LogP contribution in [-0.2, 0) is 9.59 Å². The summed E-state index contributed by atoms with van der Waals surface area (Å²) >= 11 is 6.15. The number of halogens is 1. The molecule has 1 saturated carbocycles. The van der Waals surface area contributed by atoms with E-state index in [4.69, 9.17) is 21.1 Å². The first-order valence-electron chi connectivity index (χ1n) is 9.97. The van der Waals surface area contributed by atoms with E-state index in [-0.39, 0.29) is 41.8 Å². The van der Waals surface area contributed by atoms with Crippen LogP contribution in [0.2, 0.25) is 5.02 Å². The van der Waals surface area contributed by atoms with Crippen molar-refractivity contribution in [1.29, 1.82) is 0 Å². The minimum Gasteiger partial charge on any atom is -0.497 e. The van der Waals surface area contributed by atoms with Crippen molar-refractivity contribution >= 4 is 34.9 Å². The summed E-state index contributed by atoms with van der Waals surface area (Å²) in [5, 5.41) is 0.384. The van der Waals surface area contributed by atoms with Gasteiger partial charge in [-0.25, -0.2) is 4.90 Å². The van der Waals surface area contributed by atoms with Gasteiger partial charge in [0.25, 0.3) is 0 Å². The zero-order valence-electron chi connectivity index (χ0n) is 16.6. The van der Waals surface area contributed by atoms with Crippen LogP contribution in [-0.4, -0.2) is 31.3 Å². The first-order chi connectivity index (χ1) is 14.5. The maximum atomic E-state index is 13.0. The molecule has 2 amide bonds. The summed E-state index contributed by atoms with van der Waals surface area (Å²) in [6.07, 6.45) is 3.34. The summed E-state index contributed by atoms with van der Waals surface area (Å²) in [5.41, 5.74) is 0.778. The second-order valence-electron chi connectivity index (χ2n) is 7.56. The van der Waals surface area contributed by atoms with Gasteiger partial charge in [0.2, 0.25) is 11.8 Å². The molecule has 0 radical (unpaired) electrons. The molecule has 1 aliphatic carbocycles. The molecule has 2 aromatic carbocycles. The third-order valence-corrected chi connectivity index (χ3v) is 6.01. The quantitative estimate of drug-likeness (QED) is 0.508. The molecule has 0 unspecified atom stereocenters. The summed E-state index contributed by atoms with van der Waals surface area (Å²) in [6.45, 7) is -0.232. The van der Waals surface area contributed by atoms with Crippen molar-refractivity contribution < 1.29 is 23.9 Å². The number of hydrogen-bond donors (Lipinski definition) is 0. The molecular formula is C23H22ClNO5. The fourth-order valence-corrected chi connectivity index (χ4v) is 4.36. The van der Waals surface area contributed by atoms with Crippen molar-refractivity contribution in [3.8, 4) is 11.5 Å². The normalized spacial score (nSPS) is 20.8. The number of imide groups is 1. The average Bonchev–Trinajstić information content (AvgIpc) is 3.03. The summed E-state index contributed by atoms with van der Waals surface area (Å²) < 4.78 is 10.8. The number of rotatable bonds is 6. The molecule has 2 atom stereocenters. The number of methoxy groups -OCH3 is 1. The van der Waals surface area contributed by atoms with Gasteiger partial charge in [0.1, 0.15) is 11.5 Å². The van der Waals surface area contributed by atoms with E-state index in [0.29, 0.717) is 22.0 Å². The minimum absolute atomic E-state index is 0.210. The number of ether oxygens (including phenoxy) is 2. The Morgan fingerprint density at radius 2 is 1.67 bits per heavy atom. The Kier molecular flexibility index (Phi) is 5.77. The zero-order chi connectivity index (χ0) is 21.3. The zero-order valence-corrected chi connectivity index (χ0v) is 17.4. The van der Waals surface area contributed by atoms with Gasteiger partial charge in [-0.05, 0) is 55.3 Å². The maximum Gasteiger partial charge on any atom is 0.237 e. The van der Waals surface area contributed by atoms with Crippen LogP contribution < -0.4 is 14.4 Å². The summed E-state index contributed by atoms with van der Waals surface area (Å²) in [7, 11) is 1.55. The number of amides is 2. The lowest BCUT2D eigenvalue weighted by Crippen LogP contribution is -2.31. The number of carbonyl (C=O) groups excluding carboxylic acids is 3. The van der Waals surface area contributed by atoms with Gasteiger partial charge >= 0.3 is 0 Å². The highest BCUT2D eigenvalue weighted by atomic mass is 35.5. The molecule has 1 heterocycles. The molecule has 0 spiro atoms. The smallest absolute Gasteiger partial charge is 0.237 e. The van der Waals surface area contributed by atoms with Gasteiger partial charge in [0, 0.05) is 10.6 Å². The second-order valence-corrected chi connectivity index (χ2v) is 8.00. The Bertz CT molecular complexity index is 964. The average molecular weight is 428 g/mol. The van der Waals surface area contributed by atoms with E-state index in [0.717, 1.165) is 25.7 Å². The molecule has 1 saturated heterocycles. The van der Waals surface area contributed by atoms with E-state index in [1.807, 2.05) is 0 Å². The lowest BCUT2D eigenvalue weighted by atomic mass is 9.81. The molecule has 4 rings (SSSR count). The molecule has 2 aliphatic rings. The van der Waals surface area contributed by atoms with Crippen LogP contribution in [0.5, 0.6) is 11.5 Å². The van der Waals surface area contributed by atoms with Gasteiger partial charge in [-0.3, -0.25) is 14.4 Å². The van der Waals surface area contributed by atoms with E-state index in [1.165, 1.54) is 4.90 Å². The van der Waals surface area contributed by atoms with Crippen LogP contribution in [0.4, 0.5) is 5.69 Å². The first-order valence-corrected chi connectivity index (χ1v) is 10.3. The third-order valence-electron chi connectivity index (χ3n) is 5.77. The molecule has 30 heavy (non-hydrogen) atoms. The highest BCUT2D eigenvalue weighted by Gasteiger charge is 2.49. The molecule has 156 valence electrons. The van der Waals surface area contributed by atoms with Gasteiger partial charge in [0.15, 0.2) is 12.4 Å². The van der Waals surface area contributed by atoms with Crippen molar-refractivity contribution in [3.63, 3.8) is 0 Å².